The Bertz CT molecular complexity index is 966. The van der Waals surface area contributed by atoms with E-state index >= 15 is 0 Å². The third kappa shape index (κ3) is 3.24. The van der Waals surface area contributed by atoms with Crippen LogP contribution in [0.2, 0.25) is 0 Å². The zero-order chi connectivity index (χ0) is 20.6. The van der Waals surface area contributed by atoms with E-state index in [0.29, 0.717) is 17.9 Å². The number of aryl methyl sites for hydroxylation is 1. The van der Waals surface area contributed by atoms with E-state index in [4.69, 9.17) is 0 Å². The van der Waals surface area contributed by atoms with Crippen molar-refractivity contribution in [3.05, 3.63) is 70.8 Å². The number of amides is 3. The van der Waals surface area contributed by atoms with Crippen molar-refractivity contribution in [2.45, 2.75) is 51.0 Å². The van der Waals surface area contributed by atoms with Crippen molar-refractivity contribution in [1.29, 1.82) is 0 Å². The molecular weight excluding hydrogens is 364 g/mol. The van der Waals surface area contributed by atoms with Crippen molar-refractivity contribution in [3.63, 3.8) is 0 Å². The second kappa shape index (κ2) is 7.47. The fourth-order valence-corrected chi connectivity index (χ4v) is 4.42. The average Bonchev–Trinajstić information content (AvgIpc) is 2.98. The van der Waals surface area contributed by atoms with E-state index in [2.05, 4.69) is 19.2 Å². The van der Waals surface area contributed by atoms with Crippen molar-refractivity contribution < 1.29 is 14.4 Å². The Kier molecular flexibility index (Phi) is 4.99. The summed E-state index contributed by atoms with van der Waals surface area (Å²) in [5.41, 5.74) is 2.60. The molecule has 0 unspecified atom stereocenters. The zero-order valence-corrected chi connectivity index (χ0v) is 16.9. The van der Waals surface area contributed by atoms with E-state index in [0.717, 1.165) is 35.3 Å². The summed E-state index contributed by atoms with van der Waals surface area (Å²) >= 11 is 0. The highest BCUT2D eigenvalue weighted by Gasteiger charge is 2.54. The topological polar surface area (TPSA) is 66.5 Å². The first kappa shape index (κ1) is 19.4. The predicted octanol–water partition coefficient (Wildman–Crippen LogP) is 4.17. The SMILES string of the molecule is CC[C@@H](C)c1ccc(C(=O)CN2C(=O)N[C@@]3(CCCc4ccccc43)C2=O)cc1. The number of hydrogen-bond donors (Lipinski definition) is 1. The van der Waals surface area contributed by atoms with Crippen LogP contribution in [-0.4, -0.2) is 29.2 Å². The summed E-state index contributed by atoms with van der Waals surface area (Å²) in [4.78, 5) is 39.8. The standard InChI is InChI=1S/C24H26N2O3/c1-3-16(2)17-10-12-19(13-11-17)21(27)15-26-22(28)24(25-23(26)29)14-6-8-18-7-4-5-9-20(18)24/h4-5,7,9-13,16H,3,6,8,14-15H2,1-2H3,(H,25,29)/t16-,24-/m1/s1. The lowest BCUT2D eigenvalue weighted by Crippen LogP contribution is -2.46. The second-order valence-electron chi connectivity index (χ2n) is 8.09. The summed E-state index contributed by atoms with van der Waals surface area (Å²) in [6.45, 7) is 4.03. The van der Waals surface area contributed by atoms with Gasteiger partial charge in [-0.25, -0.2) is 4.79 Å². The number of urea groups is 1. The van der Waals surface area contributed by atoms with Crippen LogP contribution in [0.1, 0.15) is 66.1 Å². The number of nitrogens with one attached hydrogen (secondary N) is 1. The minimum atomic E-state index is -1.04. The maximum Gasteiger partial charge on any atom is 0.325 e. The third-order valence-electron chi connectivity index (χ3n) is 6.37. The number of nitrogens with zero attached hydrogens (tertiary/aromatic N) is 1. The highest BCUT2D eigenvalue weighted by molar-refractivity contribution is 6.11. The first-order chi connectivity index (χ1) is 14.0. The van der Waals surface area contributed by atoms with Crippen molar-refractivity contribution in [1.82, 2.24) is 10.2 Å². The summed E-state index contributed by atoms with van der Waals surface area (Å²) in [7, 11) is 0. The first-order valence-corrected chi connectivity index (χ1v) is 10.3. The molecule has 4 rings (SSSR count). The molecule has 1 N–H and O–H groups in total. The van der Waals surface area contributed by atoms with E-state index in [1.807, 2.05) is 36.4 Å². The van der Waals surface area contributed by atoms with Crippen molar-refractivity contribution in [2.75, 3.05) is 6.54 Å². The van der Waals surface area contributed by atoms with E-state index in [9.17, 15) is 14.4 Å². The molecule has 1 aliphatic carbocycles. The van der Waals surface area contributed by atoms with Gasteiger partial charge in [0.1, 0.15) is 5.54 Å². The van der Waals surface area contributed by atoms with Crippen LogP contribution in [0.3, 0.4) is 0 Å². The van der Waals surface area contributed by atoms with Crippen molar-refractivity contribution in [3.8, 4) is 0 Å². The van der Waals surface area contributed by atoms with Gasteiger partial charge in [-0.3, -0.25) is 14.5 Å². The minimum Gasteiger partial charge on any atom is -0.319 e. The van der Waals surface area contributed by atoms with Crippen molar-refractivity contribution in [2.24, 2.45) is 0 Å². The molecule has 0 bridgehead atoms. The highest BCUT2D eigenvalue weighted by Crippen LogP contribution is 2.39. The normalized spacial score (nSPS) is 21.8. The van der Waals surface area contributed by atoms with Gasteiger partial charge in [-0.1, -0.05) is 62.4 Å². The number of rotatable bonds is 5. The van der Waals surface area contributed by atoms with Crippen LogP contribution in [0, 0.1) is 0 Å². The van der Waals surface area contributed by atoms with Gasteiger partial charge in [-0.05, 0) is 48.3 Å². The van der Waals surface area contributed by atoms with Crippen LogP contribution in [0.15, 0.2) is 48.5 Å². The van der Waals surface area contributed by atoms with Gasteiger partial charge < -0.3 is 5.32 Å². The quantitative estimate of drug-likeness (QED) is 0.616. The number of Topliss-reactive ketones (excluding diaryl/α,β-unsaturated/α-hetero) is 1. The molecule has 2 atom stereocenters. The summed E-state index contributed by atoms with van der Waals surface area (Å²) in [5, 5.41) is 2.90. The Balaban J connectivity index is 1.56. The van der Waals surface area contributed by atoms with Crippen LogP contribution in [0.4, 0.5) is 4.79 Å². The smallest absolute Gasteiger partial charge is 0.319 e. The van der Waals surface area contributed by atoms with Gasteiger partial charge in [0.2, 0.25) is 0 Å². The fourth-order valence-electron chi connectivity index (χ4n) is 4.42. The largest absolute Gasteiger partial charge is 0.325 e. The number of ketones is 1. The maximum atomic E-state index is 13.3. The molecule has 1 fully saturated rings. The summed E-state index contributed by atoms with van der Waals surface area (Å²) < 4.78 is 0. The molecule has 1 spiro atoms. The molecule has 1 heterocycles. The molecular formula is C24H26N2O3. The van der Waals surface area contributed by atoms with Gasteiger partial charge in [-0.2, -0.15) is 0 Å². The lowest BCUT2D eigenvalue weighted by atomic mass is 9.76. The Morgan fingerprint density at radius 3 is 2.59 bits per heavy atom. The monoisotopic (exact) mass is 390 g/mol. The van der Waals surface area contributed by atoms with Crippen LogP contribution in [-0.2, 0) is 16.8 Å². The van der Waals surface area contributed by atoms with Gasteiger partial charge in [-0.15, -0.1) is 0 Å². The average molecular weight is 390 g/mol. The molecule has 5 nitrogen and oxygen atoms in total. The second-order valence-corrected chi connectivity index (χ2v) is 8.09. The van der Waals surface area contributed by atoms with Crippen LogP contribution in [0.5, 0.6) is 0 Å². The van der Waals surface area contributed by atoms with Gasteiger partial charge >= 0.3 is 6.03 Å². The number of carbonyl (C=O) groups excluding carboxylic acids is 3. The number of benzene rings is 2. The van der Waals surface area contributed by atoms with Crippen LogP contribution < -0.4 is 5.32 Å². The molecule has 29 heavy (non-hydrogen) atoms. The predicted molar refractivity (Wildman–Crippen MR) is 111 cm³/mol. The highest BCUT2D eigenvalue weighted by atomic mass is 16.2. The Morgan fingerprint density at radius 2 is 1.86 bits per heavy atom. The minimum absolute atomic E-state index is 0.231. The number of imide groups is 1. The summed E-state index contributed by atoms with van der Waals surface area (Å²) in [6.07, 6.45) is 3.30. The Morgan fingerprint density at radius 1 is 1.14 bits per heavy atom. The molecule has 0 radical (unpaired) electrons. The van der Waals surface area contributed by atoms with Gasteiger partial charge in [0.15, 0.2) is 5.78 Å². The van der Waals surface area contributed by atoms with Gasteiger partial charge in [0, 0.05) is 5.56 Å². The third-order valence-corrected chi connectivity index (χ3v) is 6.37. The molecule has 1 aliphatic heterocycles. The van der Waals surface area contributed by atoms with E-state index in [-0.39, 0.29) is 18.2 Å². The molecule has 2 aromatic rings. The molecule has 1 saturated heterocycles. The number of fused-ring (bicyclic) bond motifs is 2. The zero-order valence-electron chi connectivity index (χ0n) is 16.9. The number of carbonyl (C=O) groups is 3. The molecule has 2 aromatic carbocycles. The van der Waals surface area contributed by atoms with Gasteiger partial charge in [0.25, 0.3) is 5.91 Å². The lowest BCUT2D eigenvalue weighted by Gasteiger charge is -2.33. The maximum absolute atomic E-state index is 13.3. The van der Waals surface area contributed by atoms with Crippen molar-refractivity contribution >= 4 is 17.7 Å². The van der Waals surface area contributed by atoms with E-state index < -0.39 is 11.6 Å². The Hall–Kier alpha value is -2.95. The van der Waals surface area contributed by atoms with E-state index in [1.54, 1.807) is 12.1 Å². The van der Waals surface area contributed by atoms with Gasteiger partial charge in [0.05, 0.1) is 6.54 Å². The lowest BCUT2D eigenvalue weighted by molar-refractivity contribution is -0.131. The molecule has 3 amide bonds. The summed E-state index contributed by atoms with van der Waals surface area (Å²) in [5.74, 6) is -0.124. The number of hydrogen-bond acceptors (Lipinski definition) is 3. The molecule has 2 aliphatic rings. The molecule has 0 aromatic heterocycles. The van der Waals surface area contributed by atoms with E-state index in [1.165, 1.54) is 5.56 Å². The molecule has 150 valence electrons. The fraction of sp³-hybridized carbons (Fsp3) is 0.375. The summed E-state index contributed by atoms with van der Waals surface area (Å²) in [6, 6.07) is 14.7. The van der Waals surface area contributed by atoms with Crippen LogP contribution in [0.25, 0.3) is 0 Å². The Labute approximate surface area is 171 Å². The first-order valence-electron chi connectivity index (χ1n) is 10.3. The van der Waals surface area contributed by atoms with Crippen LogP contribution >= 0.6 is 0 Å². The molecule has 5 heteroatoms. The molecule has 0 saturated carbocycles.